The summed E-state index contributed by atoms with van der Waals surface area (Å²) in [5.74, 6) is 0.969. The molecule has 0 amide bonds. The van der Waals surface area contributed by atoms with Crippen molar-refractivity contribution in [2.75, 3.05) is 20.6 Å². The molecular formula is C15H24N4. The van der Waals surface area contributed by atoms with E-state index in [0.717, 1.165) is 29.9 Å². The maximum Gasteiger partial charge on any atom is 0.104 e. The molecule has 4 nitrogen and oxygen atoms in total. The van der Waals surface area contributed by atoms with Crippen molar-refractivity contribution < 1.29 is 0 Å². The average Bonchev–Trinajstić information content (AvgIpc) is 2.67. The number of hydrogen-bond acceptors (Lipinski definition) is 3. The van der Waals surface area contributed by atoms with E-state index < -0.39 is 0 Å². The maximum absolute atomic E-state index is 4.43. The van der Waals surface area contributed by atoms with Gasteiger partial charge in [-0.25, -0.2) is 4.98 Å². The molecule has 19 heavy (non-hydrogen) atoms. The fraction of sp³-hybridized carbons (Fsp3) is 0.533. The highest BCUT2D eigenvalue weighted by molar-refractivity contribution is 5.75. The number of likely N-dealkylation sites (N-methyl/N-ethyl adjacent to an activating group) is 2. The van der Waals surface area contributed by atoms with Gasteiger partial charge in [0.25, 0.3) is 0 Å². The van der Waals surface area contributed by atoms with Crippen molar-refractivity contribution in [1.29, 1.82) is 0 Å². The molecular weight excluding hydrogens is 236 g/mol. The van der Waals surface area contributed by atoms with E-state index >= 15 is 0 Å². The number of benzene rings is 1. The van der Waals surface area contributed by atoms with Gasteiger partial charge in [0.2, 0.25) is 0 Å². The third-order valence-electron chi connectivity index (χ3n) is 3.46. The summed E-state index contributed by atoms with van der Waals surface area (Å²) in [6, 6.07) is 6.44. The highest BCUT2D eigenvalue weighted by Gasteiger charge is 2.17. The summed E-state index contributed by atoms with van der Waals surface area (Å²) < 4.78 is 0. The molecule has 1 heterocycles. The zero-order chi connectivity index (χ0) is 14.0. The lowest BCUT2D eigenvalue weighted by Crippen LogP contribution is -2.46. The molecule has 2 N–H and O–H groups in total. The standard InChI is InChI=1S/C15H24N4/c1-11-17-13-7-6-12(8-14(13)18-11)9-19(5)10-15(2,3)16-4/h6-8,16H,9-10H2,1-5H3,(H,17,18). The fourth-order valence-electron chi connectivity index (χ4n) is 2.40. The summed E-state index contributed by atoms with van der Waals surface area (Å²) in [5.41, 5.74) is 3.60. The topological polar surface area (TPSA) is 44.0 Å². The molecule has 1 aromatic carbocycles. The van der Waals surface area contributed by atoms with Crippen LogP contribution in [-0.4, -0.2) is 41.0 Å². The summed E-state index contributed by atoms with van der Waals surface area (Å²) >= 11 is 0. The van der Waals surface area contributed by atoms with Crippen molar-refractivity contribution in [3.63, 3.8) is 0 Å². The van der Waals surface area contributed by atoms with Crippen LogP contribution in [0.5, 0.6) is 0 Å². The number of aryl methyl sites for hydroxylation is 1. The summed E-state index contributed by atoms with van der Waals surface area (Å²) in [6.45, 7) is 8.36. The molecule has 0 atom stereocenters. The Morgan fingerprint density at radius 3 is 2.79 bits per heavy atom. The van der Waals surface area contributed by atoms with Crippen LogP contribution in [0.2, 0.25) is 0 Å². The minimum absolute atomic E-state index is 0.128. The Hall–Kier alpha value is -1.39. The van der Waals surface area contributed by atoms with Crippen LogP contribution in [0.4, 0.5) is 0 Å². The van der Waals surface area contributed by atoms with Crippen LogP contribution in [0.25, 0.3) is 11.0 Å². The van der Waals surface area contributed by atoms with Gasteiger partial charge in [-0.1, -0.05) is 6.07 Å². The summed E-state index contributed by atoms with van der Waals surface area (Å²) in [4.78, 5) is 10.1. The average molecular weight is 260 g/mol. The van der Waals surface area contributed by atoms with Gasteiger partial charge >= 0.3 is 0 Å². The lowest BCUT2D eigenvalue weighted by atomic mass is 10.1. The third-order valence-corrected chi connectivity index (χ3v) is 3.46. The number of nitrogens with zero attached hydrogens (tertiary/aromatic N) is 2. The van der Waals surface area contributed by atoms with Crippen LogP contribution in [0.15, 0.2) is 18.2 Å². The number of aromatic amines is 1. The van der Waals surface area contributed by atoms with E-state index in [1.54, 1.807) is 0 Å². The van der Waals surface area contributed by atoms with Crippen molar-refractivity contribution in [2.24, 2.45) is 0 Å². The predicted octanol–water partition coefficient (Wildman–Crippen LogP) is 2.30. The van der Waals surface area contributed by atoms with E-state index in [1.165, 1.54) is 5.56 Å². The van der Waals surface area contributed by atoms with E-state index in [1.807, 2.05) is 14.0 Å². The molecule has 0 unspecified atom stereocenters. The molecule has 0 aliphatic heterocycles. The largest absolute Gasteiger partial charge is 0.342 e. The first-order valence-electron chi connectivity index (χ1n) is 6.72. The fourth-order valence-corrected chi connectivity index (χ4v) is 2.40. The highest BCUT2D eigenvalue weighted by Crippen LogP contribution is 2.15. The minimum Gasteiger partial charge on any atom is -0.342 e. The Bertz CT molecular complexity index is 556. The molecule has 0 aliphatic carbocycles. The van der Waals surface area contributed by atoms with Crippen LogP contribution in [-0.2, 0) is 6.54 Å². The van der Waals surface area contributed by atoms with E-state index in [2.05, 4.69) is 59.3 Å². The van der Waals surface area contributed by atoms with E-state index in [4.69, 9.17) is 0 Å². The van der Waals surface area contributed by atoms with E-state index in [0.29, 0.717) is 0 Å². The Morgan fingerprint density at radius 2 is 2.11 bits per heavy atom. The van der Waals surface area contributed by atoms with Crippen LogP contribution in [0.1, 0.15) is 25.2 Å². The van der Waals surface area contributed by atoms with E-state index in [-0.39, 0.29) is 5.54 Å². The first-order chi connectivity index (χ1) is 8.89. The van der Waals surface area contributed by atoms with Crippen molar-refractivity contribution in [3.8, 4) is 0 Å². The van der Waals surface area contributed by atoms with Gasteiger partial charge in [-0.15, -0.1) is 0 Å². The van der Waals surface area contributed by atoms with Crippen molar-refractivity contribution in [1.82, 2.24) is 20.2 Å². The maximum atomic E-state index is 4.43. The van der Waals surface area contributed by atoms with E-state index in [9.17, 15) is 0 Å². The summed E-state index contributed by atoms with van der Waals surface area (Å²) in [6.07, 6.45) is 0. The van der Waals surface area contributed by atoms with Crippen molar-refractivity contribution >= 4 is 11.0 Å². The minimum atomic E-state index is 0.128. The molecule has 2 rings (SSSR count). The molecule has 0 saturated heterocycles. The Morgan fingerprint density at radius 1 is 1.37 bits per heavy atom. The zero-order valence-corrected chi connectivity index (χ0v) is 12.5. The summed E-state index contributed by atoms with van der Waals surface area (Å²) in [7, 11) is 4.16. The molecule has 4 heteroatoms. The Labute approximate surface area is 115 Å². The van der Waals surface area contributed by atoms with Gasteiger partial charge in [0, 0.05) is 18.6 Å². The van der Waals surface area contributed by atoms with Crippen LogP contribution >= 0.6 is 0 Å². The predicted molar refractivity (Wildman–Crippen MR) is 80.3 cm³/mol. The molecule has 2 aromatic rings. The van der Waals surface area contributed by atoms with Gasteiger partial charge in [-0.05, 0) is 52.6 Å². The number of H-pyrrole nitrogens is 1. The van der Waals surface area contributed by atoms with Gasteiger partial charge in [-0.2, -0.15) is 0 Å². The number of nitrogens with one attached hydrogen (secondary N) is 2. The number of hydrogen-bond donors (Lipinski definition) is 2. The third kappa shape index (κ3) is 3.55. The smallest absolute Gasteiger partial charge is 0.104 e. The lowest BCUT2D eigenvalue weighted by molar-refractivity contribution is 0.238. The normalized spacial score (nSPS) is 12.5. The van der Waals surface area contributed by atoms with Gasteiger partial charge in [0.15, 0.2) is 0 Å². The Kier molecular flexibility index (Phi) is 3.92. The molecule has 0 radical (unpaired) electrons. The number of aromatic nitrogens is 2. The Balaban J connectivity index is 2.08. The second kappa shape index (κ2) is 5.31. The van der Waals surface area contributed by atoms with Gasteiger partial charge in [-0.3, -0.25) is 0 Å². The second-order valence-electron chi connectivity index (χ2n) is 5.98. The number of imidazole rings is 1. The van der Waals surface area contributed by atoms with Crippen LogP contribution in [0.3, 0.4) is 0 Å². The van der Waals surface area contributed by atoms with Gasteiger partial charge in [0.05, 0.1) is 11.0 Å². The molecule has 0 spiro atoms. The first kappa shape index (κ1) is 14.0. The van der Waals surface area contributed by atoms with Crippen LogP contribution in [0, 0.1) is 6.92 Å². The zero-order valence-electron chi connectivity index (χ0n) is 12.5. The molecule has 0 aliphatic rings. The van der Waals surface area contributed by atoms with Crippen molar-refractivity contribution in [2.45, 2.75) is 32.9 Å². The number of fused-ring (bicyclic) bond motifs is 1. The van der Waals surface area contributed by atoms with Crippen molar-refractivity contribution in [3.05, 3.63) is 29.6 Å². The number of rotatable bonds is 5. The second-order valence-corrected chi connectivity index (χ2v) is 5.98. The first-order valence-corrected chi connectivity index (χ1v) is 6.72. The highest BCUT2D eigenvalue weighted by atomic mass is 15.1. The molecule has 0 bridgehead atoms. The molecule has 104 valence electrons. The quantitative estimate of drug-likeness (QED) is 0.867. The molecule has 0 saturated carbocycles. The monoisotopic (exact) mass is 260 g/mol. The van der Waals surface area contributed by atoms with Gasteiger partial charge in [0.1, 0.15) is 5.82 Å². The molecule has 1 aromatic heterocycles. The SMILES string of the molecule is CNC(C)(C)CN(C)Cc1ccc2nc(C)[nH]c2c1. The van der Waals surface area contributed by atoms with Crippen LogP contribution < -0.4 is 5.32 Å². The summed E-state index contributed by atoms with van der Waals surface area (Å²) in [5, 5.41) is 3.33. The van der Waals surface area contributed by atoms with Gasteiger partial charge < -0.3 is 15.2 Å². The lowest BCUT2D eigenvalue weighted by Gasteiger charge is -2.30. The molecule has 0 fully saturated rings.